The van der Waals surface area contributed by atoms with Crippen LogP contribution in [0.15, 0.2) is 80.6 Å². The molecule has 0 atom stereocenters. The van der Waals surface area contributed by atoms with Gasteiger partial charge in [0.15, 0.2) is 0 Å². The Morgan fingerprint density at radius 1 is 0.850 bits per heavy atom. The van der Waals surface area contributed by atoms with E-state index in [1.165, 1.54) is 0 Å². The van der Waals surface area contributed by atoms with Gasteiger partial charge in [0.2, 0.25) is 0 Å². The van der Waals surface area contributed by atoms with E-state index >= 15 is 0 Å². The summed E-state index contributed by atoms with van der Waals surface area (Å²) in [6, 6.07) is 21.7. The minimum atomic E-state index is 0.742. The first kappa shape index (κ1) is 12.9. The van der Waals surface area contributed by atoms with Crippen molar-refractivity contribution in [3.63, 3.8) is 0 Å². The second kappa shape index (κ2) is 5.88. The number of para-hydroxylation sites is 1. The maximum atomic E-state index is 5.77. The summed E-state index contributed by atoms with van der Waals surface area (Å²) in [5.74, 6) is 1.58. The largest absolute Gasteiger partial charge is 0.455 e. The summed E-state index contributed by atoms with van der Waals surface area (Å²) >= 11 is 3.42. The van der Waals surface area contributed by atoms with E-state index < -0.39 is 0 Å². The number of aliphatic imine (C=N–C) groups is 1. The summed E-state index contributed by atoms with van der Waals surface area (Å²) in [7, 11) is 0. The van der Waals surface area contributed by atoms with Gasteiger partial charge in [-0.25, -0.2) is 0 Å². The summed E-state index contributed by atoms with van der Waals surface area (Å²) < 4.78 is 6.82. The first-order valence-electron chi connectivity index (χ1n) is 6.26. The van der Waals surface area contributed by atoms with Crippen LogP contribution in [0.4, 0.5) is 5.69 Å². The van der Waals surface area contributed by atoms with Gasteiger partial charge in [0, 0.05) is 10.0 Å². The van der Waals surface area contributed by atoms with E-state index in [0.717, 1.165) is 27.2 Å². The van der Waals surface area contributed by atoms with Crippen LogP contribution in [0.2, 0.25) is 0 Å². The number of halogens is 1. The molecule has 0 radical (unpaired) electrons. The predicted octanol–water partition coefficient (Wildman–Crippen LogP) is 5.46. The quantitative estimate of drug-likeness (QED) is 0.587. The number of nitrogens with zero attached hydrogens (tertiary/aromatic N) is 1. The minimum absolute atomic E-state index is 0.742. The molecule has 0 N–H and O–H groups in total. The molecule has 20 heavy (non-hydrogen) atoms. The third-order valence-corrected chi connectivity index (χ3v) is 3.38. The van der Waals surface area contributed by atoms with Crippen LogP contribution in [0.1, 0.15) is 5.76 Å². The van der Waals surface area contributed by atoms with E-state index in [2.05, 4.69) is 20.9 Å². The van der Waals surface area contributed by atoms with Crippen LogP contribution in [-0.2, 0) is 0 Å². The van der Waals surface area contributed by atoms with Crippen LogP contribution >= 0.6 is 15.9 Å². The summed E-state index contributed by atoms with van der Waals surface area (Å²) in [4.78, 5) is 4.37. The van der Waals surface area contributed by atoms with Gasteiger partial charge in [-0.2, -0.15) is 0 Å². The molecule has 0 unspecified atom stereocenters. The molecule has 0 saturated heterocycles. The zero-order chi connectivity index (χ0) is 13.8. The molecule has 98 valence electrons. The molecule has 0 spiro atoms. The van der Waals surface area contributed by atoms with Crippen molar-refractivity contribution in [3.05, 3.63) is 77.0 Å². The molecular weight excluding hydrogens is 314 g/mol. The lowest BCUT2D eigenvalue weighted by Crippen LogP contribution is -1.75. The Bertz CT molecular complexity index is 714. The molecule has 1 heterocycles. The first-order valence-corrected chi connectivity index (χ1v) is 7.05. The van der Waals surface area contributed by atoms with Crippen molar-refractivity contribution >= 4 is 27.8 Å². The number of benzene rings is 2. The van der Waals surface area contributed by atoms with Gasteiger partial charge in [-0.3, -0.25) is 4.99 Å². The molecule has 0 saturated carbocycles. The molecular formula is C17H12BrNO. The van der Waals surface area contributed by atoms with Crippen molar-refractivity contribution in [1.82, 2.24) is 0 Å². The monoisotopic (exact) mass is 325 g/mol. The third-order valence-electron chi connectivity index (χ3n) is 2.85. The van der Waals surface area contributed by atoms with Gasteiger partial charge in [-0.15, -0.1) is 0 Å². The van der Waals surface area contributed by atoms with Gasteiger partial charge in [0.05, 0.1) is 11.9 Å². The van der Waals surface area contributed by atoms with Crippen LogP contribution < -0.4 is 0 Å². The summed E-state index contributed by atoms with van der Waals surface area (Å²) in [6.07, 6.45) is 1.73. The van der Waals surface area contributed by atoms with E-state index in [1.807, 2.05) is 66.7 Å². The van der Waals surface area contributed by atoms with Crippen molar-refractivity contribution in [3.8, 4) is 11.3 Å². The lowest BCUT2D eigenvalue weighted by molar-refractivity contribution is 0.575. The second-order valence-electron chi connectivity index (χ2n) is 4.30. The number of hydrogen-bond donors (Lipinski definition) is 0. The fourth-order valence-electron chi connectivity index (χ4n) is 1.84. The van der Waals surface area contributed by atoms with Crippen LogP contribution in [0.5, 0.6) is 0 Å². The standard InChI is InChI=1S/C17H12BrNO/c18-14-8-6-13(7-9-14)17-11-10-16(20-17)12-19-15-4-2-1-3-5-15/h1-12H. The van der Waals surface area contributed by atoms with Crippen LogP contribution in [0.3, 0.4) is 0 Å². The molecule has 3 rings (SSSR count). The predicted molar refractivity (Wildman–Crippen MR) is 85.5 cm³/mol. The van der Waals surface area contributed by atoms with E-state index in [1.54, 1.807) is 6.21 Å². The Morgan fingerprint density at radius 3 is 2.35 bits per heavy atom. The van der Waals surface area contributed by atoms with Crippen molar-refractivity contribution in [2.45, 2.75) is 0 Å². The van der Waals surface area contributed by atoms with Crippen molar-refractivity contribution < 1.29 is 4.42 Å². The second-order valence-corrected chi connectivity index (χ2v) is 5.22. The van der Waals surface area contributed by atoms with Crippen LogP contribution in [-0.4, -0.2) is 6.21 Å². The van der Waals surface area contributed by atoms with Gasteiger partial charge in [-0.1, -0.05) is 46.3 Å². The van der Waals surface area contributed by atoms with Gasteiger partial charge < -0.3 is 4.42 Å². The molecule has 3 aromatic rings. The molecule has 3 heteroatoms. The fraction of sp³-hybridized carbons (Fsp3) is 0. The Hall–Kier alpha value is -2.13. The molecule has 1 aromatic heterocycles. The fourth-order valence-corrected chi connectivity index (χ4v) is 2.11. The highest BCUT2D eigenvalue weighted by molar-refractivity contribution is 9.10. The van der Waals surface area contributed by atoms with E-state index in [4.69, 9.17) is 4.42 Å². The van der Waals surface area contributed by atoms with E-state index in [9.17, 15) is 0 Å². The van der Waals surface area contributed by atoms with Gasteiger partial charge in [0.25, 0.3) is 0 Å². The molecule has 2 aromatic carbocycles. The maximum Gasteiger partial charge on any atom is 0.145 e. The van der Waals surface area contributed by atoms with Gasteiger partial charge in [-0.05, 0) is 36.4 Å². The van der Waals surface area contributed by atoms with Gasteiger partial charge >= 0.3 is 0 Å². The minimum Gasteiger partial charge on any atom is -0.455 e. The Morgan fingerprint density at radius 2 is 1.60 bits per heavy atom. The average Bonchev–Trinajstić information content (AvgIpc) is 2.96. The molecule has 0 bridgehead atoms. The Labute approximate surface area is 125 Å². The summed E-state index contributed by atoms with van der Waals surface area (Å²) in [6.45, 7) is 0. The molecule has 2 nitrogen and oxygen atoms in total. The highest BCUT2D eigenvalue weighted by Crippen LogP contribution is 2.23. The molecule has 0 aliphatic rings. The molecule has 0 fully saturated rings. The van der Waals surface area contributed by atoms with E-state index in [0.29, 0.717) is 0 Å². The Balaban J connectivity index is 1.80. The average molecular weight is 326 g/mol. The zero-order valence-electron chi connectivity index (χ0n) is 10.7. The first-order chi connectivity index (χ1) is 9.81. The zero-order valence-corrected chi connectivity index (χ0v) is 12.2. The van der Waals surface area contributed by atoms with Crippen LogP contribution in [0, 0.1) is 0 Å². The lowest BCUT2D eigenvalue weighted by Gasteiger charge is -1.96. The number of furan rings is 1. The van der Waals surface area contributed by atoms with Crippen molar-refractivity contribution in [1.29, 1.82) is 0 Å². The topological polar surface area (TPSA) is 25.5 Å². The Kier molecular flexibility index (Phi) is 3.79. The lowest BCUT2D eigenvalue weighted by atomic mass is 10.2. The normalized spacial score (nSPS) is 11.1. The number of rotatable bonds is 3. The van der Waals surface area contributed by atoms with E-state index in [-0.39, 0.29) is 0 Å². The SMILES string of the molecule is Brc1ccc(-c2ccc(C=Nc3ccccc3)o2)cc1. The smallest absolute Gasteiger partial charge is 0.145 e. The molecule has 0 aliphatic heterocycles. The summed E-state index contributed by atoms with van der Waals surface area (Å²) in [5, 5.41) is 0. The molecule has 0 amide bonds. The highest BCUT2D eigenvalue weighted by Gasteiger charge is 2.03. The van der Waals surface area contributed by atoms with Crippen molar-refractivity contribution in [2.75, 3.05) is 0 Å². The van der Waals surface area contributed by atoms with Crippen molar-refractivity contribution in [2.24, 2.45) is 4.99 Å². The third kappa shape index (κ3) is 3.06. The molecule has 0 aliphatic carbocycles. The number of hydrogen-bond acceptors (Lipinski definition) is 2. The maximum absolute atomic E-state index is 5.77. The van der Waals surface area contributed by atoms with Gasteiger partial charge in [0.1, 0.15) is 11.5 Å². The van der Waals surface area contributed by atoms with Crippen LogP contribution in [0.25, 0.3) is 11.3 Å². The highest BCUT2D eigenvalue weighted by atomic mass is 79.9. The summed E-state index contributed by atoms with van der Waals surface area (Å²) in [5.41, 5.74) is 1.96.